The molecule has 3 rings (SSSR count). The molecule has 0 aromatic heterocycles. The number of hydrogen-bond donors (Lipinski definition) is 1. The lowest BCUT2D eigenvalue weighted by atomic mass is 9.65. The lowest BCUT2D eigenvalue weighted by Crippen LogP contribution is -2.63. The van der Waals surface area contributed by atoms with Crippen LogP contribution < -0.4 is 5.32 Å². The summed E-state index contributed by atoms with van der Waals surface area (Å²) in [5.74, 6) is -0.877. The molecule has 1 aliphatic carbocycles. The molecule has 1 spiro atoms. The first-order valence-electron chi connectivity index (χ1n) is 10.6. The summed E-state index contributed by atoms with van der Waals surface area (Å²) in [6.45, 7) is 6.43. The zero-order chi connectivity index (χ0) is 21.2. The number of carbonyl (C=O) groups excluding carboxylic acids is 3. The van der Waals surface area contributed by atoms with Gasteiger partial charge in [0, 0.05) is 12.1 Å². The van der Waals surface area contributed by atoms with Gasteiger partial charge in [-0.05, 0) is 37.3 Å². The molecule has 1 fully saturated rings. The number of hydrogen-bond acceptors (Lipinski definition) is 4. The van der Waals surface area contributed by atoms with E-state index < -0.39 is 23.5 Å². The standard InChI is InChI=1S/C23H32N2O4/c1-15(2)14-25-21(27)18-11-7-6-10-17(18)19(23(25)12-8-5-9-13-23)20(26)24-16(3)22(28)29-4/h6-7,10-11,15-16,19H,5,8-9,12-14H2,1-4H3,(H,24,26)/t16-,19?/m0/s1. The molecule has 2 atom stereocenters. The molecule has 1 heterocycles. The van der Waals surface area contributed by atoms with Crippen LogP contribution in [-0.2, 0) is 14.3 Å². The van der Waals surface area contributed by atoms with Gasteiger partial charge in [-0.3, -0.25) is 9.59 Å². The van der Waals surface area contributed by atoms with Gasteiger partial charge in [-0.15, -0.1) is 0 Å². The van der Waals surface area contributed by atoms with Crippen molar-refractivity contribution < 1.29 is 19.1 Å². The third-order valence-electron chi connectivity index (χ3n) is 6.27. The van der Waals surface area contributed by atoms with Crippen molar-refractivity contribution in [3.8, 4) is 0 Å². The largest absolute Gasteiger partial charge is 0.467 e. The Balaban J connectivity index is 2.10. The van der Waals surface area contributed by atoms with Gasteiger partial charge in [-0.25, -0.2) is 4.79 Å². The van der Waals surface area contributed by atoms with E-state index in [1.165, 1.54) is 7.11 Å². The number of nitrogens with zero attached hydrogens (tertiary/aromatic N) is 1. The Morgan fingerprint density at radius 2 is 1.83 bits per heavy atom. The van der Waals surface area contributed by atoms with E-state index in [2.05, 4.69) is 19.2 Å². The lowest BCUT2D eigenvalue weighted by molar-refractivity contribution is -0.145. The van der Waals surface area contributed by atoms with Gasteiger partial charge in [0.15, 0.2) is 0 Å². The smallest absolute Gasteiger partial charge is 0.328 e. The highest BCUT2D eigenvalue weighted by molar-refractivity contribution is 6.02. The highest BCUT2D eigenvalue weighted by Crippen LogP contribution is 2.49. The molecule has 6 nitrogen and oxygen atoms in total. The van der Waals surface area contributed by atoms with E-state index in [4.69, 9.17) is 4.74 Å². The van der Waals surface area contributed by atoms with Crippen LogP contribution in [0.25, 0.3) is 0 Å². The van der Waals surface area contributed by atoms with Crippen LogP contribution in [0.2, 0.25) is 0 Å². The fraction of sp³-hybridized carbons (Fsp3) is 0.609. The van der Waals surface area contributed by atoms with Gasteiger partial charge < -0.3 is 15.0 Å². The second kappa shape index (κ2) is 8.56. The van der Waals surface area contributed by atoms with Gasteiger partial charge in [-0.2, -0.15) is 0 Å². The second-order valence-electron chi connectivity index (χ2n) is 8.75. The Kier molecular flexibility index (Phi) is 6.30. The minimum absolute atomic E-state index is 0.0151. The monoisotopic (exact) mass is 400 g/mol. The zero-order valence-corrected chi connectivity index (χ0v) is 17.9. The quantitative estimate of drug-likeness (QED) is 0.770. The van der Waals surface area contributed by atoms with Crippen LogP contribution in [-0.4, -0.2) is 47.9 Å². The maximum atomic E-state index is 13.5. The highest BCUT2D eigenvalue weighted by Gasteiger charge is 2.54. The van der Waals surface area contributed by atoms with Crippen molar-refractivity contribution in [1.82, 2.24) is 10.2 Å². The van der Waals surface area contributed by atoms with E-state index in [0.717, 1.165) is 37.7 Å². The summed E-state index contributed by atoms with van der Waals surface area (Å²) in [7, 11) is 1.31. The molecular formula is C23H32N2O4. The normalized spacial score (nSPS) is 21.6. The molecule has 1 aromatic carbocycles. The number of fused-ring (bicyclic) bond motifs is 1. The van der Waals surface area contributed by atoms with Gasteiger partial charge in [0.2, 0.25) is 5.91 Å². The molecule has 0 bridgehead atoms. The van der Waals surface area contributed by atoms with Crippen molar-refractivity contribution in [3.05, 3.63) is 35.4 Å². The summed E-state index contributed by atoms with van der Waals surface area (Å²) in [6.07, 6.45) is 4.68. The lowest BCUT2D eigenvalue weighted by Gasteiger charge is -2.54. The number of carbonyl (C=O) groups is 3. The van der Waals surface area contributed by atoms with Gasteiger partial charge in [0.05, 0.1) is 18.6 Å². The third kappa shape index (κ3) is 3.89. The number of amides is 2. The van der Waals surface area contributed by atoms with Crippen molar-refractivity contribution in [1.29, 1.82) is 0 Å². The molecule has 0 radical (unpaired) electrons. The summed E-state index contributed by atoms with van der Waals surface area (Å²) in [5, 5.41) is 2.85. The van der Waals surface area contributed by atoms with Gasteiger partial charge >= 0.3 is 5.97 Å². The first-order valence-corrected chi connectivity index (χ1v) is 10.6. The Morgan fingerprint density at radius 3 is 2.45 bits per heavy atom. The molecule has 1 aromatic rings. The van der Waals surface area contributed by atoms with Crippen LogP contribution in [0.1, 0.15) is 74.7 Å². The van der Waals surface area contributed by atoms with Crippen LogP contribution in [0.3, 0.4) is 0 Å². The van der Waals surface area contributed by atoms with Crippen molar-refractivity contribution >= 4 is 17.8 Å². The predicted octanol–water partition coefficient (Wildman–Crippen LogP) is 3.26. The first kappa shape index (κ1) is 21.3. The molecular weight excluding hydrogens is 368 g/mol. The number of esters is 1. The van der Waals surface area contributed by atoms with Crippen molar-refractivity contribution in [2.45, 2.75) is 70.4 Å². The molecule has 1 unspecified atom stereocenters. The number of rotatable bonds is 5. The second-order valence-corrected chi connectivity index (χ2v) is 8.75. The number of nitrogens with one attached hydrogen (secondary N) is 1. The number of benzene rings is 1. The Morgan fingerprint density at radius 1 is 1.17 bits per heavy atom. The molecule has 2 amide bonds. The molecule has 158 valence electrons. The van der Waals surface area contributed by atoms with Crippen LogP contribution in [0.5, 0.6) is 0 Å². The summed E-state index contributed by atoms with van der Waals surface area (Å²) < 4.78 is 4.78. The van der Waals surface area contributed by atoms with Gasteiger partial charge in [0.25, 0.3) is 5.91 Å². The van der Waals surface area contributed by atoms with E-state index in [0.29, 0.717) is 18.0 Å². The van der Waals surface area contributed by atoms with E-state index >= 15 is 0 Å². The molecule has 2 aliphatic rings. The molecule has 1 aliphatic heterocycles. The topological polar surface area (TPSA) is 75.7 Å². The molecule has 1 N–H and O–H groups in total. The van der Waals surface area contributed by atoms with Crippen LogP contribution in [0.4, 0.5) is 0 Å². The van der Waals surface area contributed by atoms with Crippen LogP contribution in [0, 0.1) is 5.92 Å². The average Bonchev–Trinajstić information content (AvgIpc) is 2.71. The van der Waals surface area contributed by atoms with Crippen molar-refractivity contribution in [3.63, 3.8) is 0 Å². The Labute approximate surface area is 173 Å². The van der Waals surface area contributed by atoms with Gasteiger partial charge in [0.1, 0.15) is 6.04 Å². The van der Waals surface area contributed by atoms with Crippen molar-refractivity contribution in [2.24, 2.45) is 5.92 Å². The zero-order valence-electron chi connectivity index (χ0n) is 17.9. The van der Waals surface area contributed by atoms with Crippen LogP contribution in [0.15, 0.2) is 24.3 Å². The molecule has 29 heavy (non-hydrogen) atoms. The fourth-order valence-electron chi connectivity index (χ4n) is 5.01. The van der Waals surface area contributed by atoms with Gasteiger partial charge in [-0.1, -0.05) is 51.3 Å². The van der Waals surface area contributed by atoms with E-state index in [1.807, 2.05) is 29.2 Å². The van der Waals surface area contributed by atoms with E-state index in [9.17, 15) is 14.4 Å². The highest BCUT2D eigenvalue weighted by atomic mass is 16.5. The van der Waals surface area contributed by atoms with Crippen molar-refractivity contribution in [2.75, 3.05) is 13.7 Å². The predicted molar refractivity (Wildman–Crippen MR) is 110 cm³/mol. The molecule has 6 heteroatoms. The Bertz CT molecular complexity index is 783. The Hall–Kier alpha value is -2.37. The fourth-order valence-corrected chi connectivity index (χ4v) is 5.01. The SMILES string of the molecule is COC(=O)[C@H](C)NC(=O)C1c2ccccc2C(=O)N(CC(C)C)C12CCCCC2. The molecule has 1 saturated carbocycles. The first-order chi connectivity index (χ1) is 13.8. The summed E-state index contributed by atoms with van der Waals surface area (Å²) in [6, 6.07) is 6.69. The third-order valence-corrected chi connectivity index (χ3v) is 6.27. The summed E-state index contributed by atoms with van der Waals surface area (Å²) >= 11 is 0. The van der Waals surface area contributed by atoms with E-state index in [1.54, 1.807) is 6.92 Å². The number of ether oxygens (including phenoxy) is 1. The maximum Gasteiger partial charge on any atom is 0.328 e. The minimum atomic E-state index is -0.739. The van der Waals surface area contributed by atoms with Crippen LogP contribution >= 0.6 is 0 Å². The molecule has 0 saturated heterocycles. The van der Waals surface area contributed by atoms with E-state index in [-0.39, 0.29) is 11.8 Å². The maximum absolute atomic E-state index is 13.5. The number of methoxy groups -OCH3 is 1. The minimum Gasteiger partial charge on any atom is -0.467 e. The summed E-state index contributed by atoms with van der Waals surface area (Å²) in [4.78, 5) is 40.9. The average molecular weight is 401 g/mol. The summed E-state index contributed by atoms with van der Waals surface area (Å²) in [5.41, 5.74) is 0.817.